The summed E-state index contributed by atoms with van der Waals surface area (Å²) in [5, 5.41) is 11.4. The number of carbonyl (C=O) groups excluding carboxylic acids is 2. The van der Waals surface area contributed by atoms with Gasteiger partial charge >= 0.3 is 0 Å². The van der Waals surface area contributed by atoms with Crippen LogP contribution in [-0.2, 0) is 4.79 Å². The van der Waals surface area contributed by atoms with Gasteiger partial charge in [0, 0.05) is 22.3 Å². The van der Waals surface area contributed by atoms with Gasteiger partial charge in [-0.05, 0) is 76.8 Å². The van der Waals surface area contributed by atoms with Crippen LogP contribution in [0.5, 0.6) is 5.75 Å². The maximum Gasteiger partial charge on any atom is 0.261 e. The largest absolute Gasteiger partial charge is 0.495 e. The van der Waals surface area contributed by atoms with Crippen molar-refractivity contribution in [3.8, 4) is 5.75 Å². The second-order valence-corrected chi connectivity index (χ2v) is 8.40. The highest BCUT2D eigenvalue weighted by molar-refractivity contribution is 9.11. The minimum Gasteiger partial charge on any atom is -0.495 e. The Labute approximate surface area is 201 Å². The van der Waals surface area contributed by atoms with Crippen LogP contribution in [0.1, 0.15) is 23.7 Å². The summed E-state index contributed by atoms with van der Waals surface area (Å²) in [5.41, 5.74) is 1.68. The Morgan fingerprint density at radius 1 is 0.967 bits per heavy atom. The number of anilines is 2. The van der Waals surface area contributed by atoms with Crippen molar-refractivity contribution in [2.45, 2.75) is 13.3 Å². The molecule has 0 aliphatic rings. The first-order valence-electron chi connectivity index (χ1n) is 8.59. The standard InChI is InChI=1S/C19H18Br2N4O3S2/c1-3-15(26)24-18(29)22-11-4-6-12(7-5-11)23-19(30)25-17(27)13-8-10(20)9-14(21)16(13)28-2/h4-9H,3H2,1-2H3,(H2,22,24,26,29)(H2,23,25,27,30). The van der Waals surface area contributed by atoms with E-state index in [1.165, 1.54) is 7.11 Å². The molecule has 0 unspecified atom stereocenters. The van der Waals surface area contributed by atoms with E-state index >= 15 is 0 Å². The molecule has 0 atom stereocenters. The van der Waals surface area contributed by atoms with Crippen LogP contribution in [0.4, 0.5) is 11.4 Å². The van der Waals surface area contributed by atoms with Crippen molar-refractivity contribution >= 4 is 89.7 Å². The Morgan fingerprint density at radius 3 is 2.00 bits per heavy atom. The Hall–Kier alpha value is -2.08. The Balaban J connectivity index is 1.98. The van der Waals surface area contributed by atoms with Crippen LogP contribution in [0.3, 0.4) is 0 Å². The number of carbonyl (C=O) groups is 2. The summed E-state index contributed by atoms with van der Waals surface area (Å²) in [5.74, 6) is -0.178. The third kappa shape index (κ3) is 7.01. The average molecular weight is 574 g/mol. The maximum atomic E-state index is 12.6. The minimum absolute atomic E-state index is 0.129. The van der Waals surface area contributed by atoms with E-state index in [-0.39, 0.29) is 16.1 Å². The van der Waals surface area contributed by atoms with Crippen LogP contribution >= 0.6 is 56.3 Å². The smallest absolute Gasteiger partial charge is 0.261 e. The number of rotatable bonds is 5. The van der Waals surface area contributed by atoms with Gasteiger partial charge in [-0.3, -0.25) is 14.9 Å². The summed E-state index contributed by atoms with van der Waals surface area (Å²) in [6, 6.07) is 10.4. The van der Waals surface area contributed by atoms with Gasteiger partial charge in [0.05, 0.1) is 17.1 Å². The highest BCUT2D eigenvalue weighted by atomic mass is 79.9. The maximum absolute atomic E-state index is 12.6. The summed E-state index contributed by atoms with van der Waals surface area (Å²) in [6.45, 7) is 1.74. The van der Waals surface area contributed by atoms with Crippen molar-refractivity contribution in [3.63, 3.8) is 0 Å². The van der Waals surface area contributed by atoms with Gasteiger partial charge in [0.2, 0.25) is 5.91 Å². The fraction of sp³-hybridized carbons (Fsp3) is 0.158. The molecular weight excluding hydrogens is 556 g/mol. The van der Waals surface area contributed by atoms with E-state index in [2.05, 4.69) is 53.1 Å². The first kappa shape index (κ1) is 24.2. The number of thiocarbonyl (C=S) groups is 2. The number of ether oxygens (including phenoxy) is 1. The van der Waals surface area contributed by atoms with Gasteiger partial charge in [0.1, 0.15) is 5.75 Å². The van der Waals surface area contributed by atoms with Crippen molar-refractivity contribution in [3.05, 3.63) is 50.9 Å². The fourth-order valence-corrected chi connectivity index (χ4v) is 4.11. The molecule has 2 aromatic rings. The molecule has 2 amide bonds. The molecule has 0 spiro atoms. The summed E-state index contributed by atoms with van der Waals surface area (Å²) in [7, 11) is 1.48. The van der Waals surface area contributed by atoms with Gasteiger partial charge in [-0.25, -0.2) is 0 Å². The van der Waals surface area contributed by atoms with Crippen molar-refractivity contribution in [2.24, 2.45) is 0 Å². The number of halogens is 2. The van der Waals surface area contributed by atoms with Gasteiger partial charge in [0.15, 0.2) is 10.2 Å². The van der Waals surface area contributed by atoms with Gasteiger partial charge in [-0.2, -0.15) is 0 Å². The molecule has 158 valence electrons. The molecule has 2 rings (SSSR count). The summed E-state index contributed by atoms with van der Waals surface area (Å²) in [4.78, 5) is 23.9. The highest BCUT2D eigenvalue weighted by Gasteiger charge is 2.17. The molecule has 11 heteroatoms. The van der Waals surface area contributed by atoms with E-state index in [0.29, 0.717) is 33.6 Å². The molecule has 0 fully saturated rings. The fourth-order valence-electron chi connectivity index (χ4n) is 2.28. The normalized spacial score (nSPS) is 10.0. The quantitative estimate of drug-likeness (QED) is 0.389. The predicted molar refractivity (Wildman–Crippen MR) is 133 cm³/mol. The van der Waals surface area contributed by atoms with E-state index in [4.69, 9.17) is 29.2 Å². The van der Waals surface area contributed by atoms with Crippen molar-refractivity contribution in [1.82, 2.24) is 10.6 Å². The van der Waals surface area contributed by atoms with Gasteiger partial charge in [-0.15, -0.1) is 0 Å². The molecule has 0 radical (unpaired) electrons. The second kappa shape index (κ2) is 11.3. The second-order valence-electron chi connectivity index (χ2n) is 5.81. The Morgan fingerprint density at radius 2 is 1.50 bits per heavy atom. The molecule has 0 aromatic heterocycles. The zero-order chi connectivity index (χ0) is 22.3. The topological polar surface area (TPSA) is 91.5 Å². The number of methoxy groups -OCH3 is 1. The zero-order valence-electron chi connectivity index (χ0n) is 16.0. The molecule has 0 aliphatic heterocycles. The van der Waals surface area contributed by atoms with Gasteiger partial charge in [-0.1, -0.05) is 22.9 Å². The van der Waals surface area contributed by atoms with Crippen LogP contribution in [0.15, 0.2) is 45.3 Å². The number of hydrogen-bond acceptors (Lipinski definition) is 5. The van der Waals surface area contributed by atoms with Crippen LogP contribution in [0, 0.1) is 0 Å². The van der Waals surface area contributed by atoms with E-state index < -0.39 is 5.91 Å². The lowest BCUT2D eigenvalue weighted by Crippen LogP contribution is -2.34. The van der Waals surface area contributed by atoms with Crippen molar-refractivity contribution < 1.29 is 14.3 Å². The molecule has 0 saturated carbocycles. The van der Waals surface area contributed by atoms with Crippen LogP contribution in [-0.4, -0.2) is 29.1 Å². The lowest BCUT2D eigenvalue weighted by molar-refractivity contribution is -0.119. The van der Waals surface area contributed by atoms with Crippen LogP contribution < -0.4 is 26.0 Å². The molecule has 30 heavy (non-hydrogen) atoms. The third-order valence-corrected chi connectivity index (χ3v) is 5.11. The molecule has 0 heterocycles. The molecule has 4 N–H and O–H groups in total. The number of nitrogens with one attached hydrogen (secondary N) is 4. The zero-order valence-corrected chi connectivity index (χ0v) is 20.8. The van der Waals surface area contributed by atoms with Crippen LogP contribution in [0.25, 0.3) is 0 Å². The number of benzene rings is 2. The number of hydrogen-bond donors (Lipinski definition) is 4. The van der Waals surface area contributed by atoms with E-state index in [9.17, 15) is 9.59 Å². The van der Waals surface area contributed by atoms with E-state index in [1.807, 2.05) is 0 Å². The van der Waals surface area contributed by atoms with E-state index in [1.54, 1.807) is 43.3 Å². The Kier molecular flexibility index (Phi) is 9.15. The van der Waals surface area contributed by atoms with Crippen LogP contribution in [0.2, 0.25) is 0 Å². The summed E-state index contributed by atoms with van der Waals surface area (Å²) >= 11 is 17.0. The third-order valence-electron chi connectivity index (χ3n) is 3.66. The SMILES string of the molecule is CCC(=O)NC(=S)Nc1ccc(NC(=S)NC(=O)c2cc(Br)cc(Br)c2OC)cc1. The first-order valence-corrected chi connectivity index (χ1v) is 11.0. The lowest BCUT2D eigenvalue weighted by atomic mass is 10.2. The van der Waals surface area contributed by atoms with Gasteiger partial charge in [0.25, 0.3) is 5.91 Å². The molecule has 0 bridgehead atoms. The lowest BCUT2D eigenvalue weighted by Gasteiger charge is -2.14. The monoisotopic (exact) mass is 572 g/mol. The Bertz CT molecular complexity index is 984. The molecule has 0 saturated heterocycles. The first-order chi connectivity index (χ1) is 14.2. The summed E-state index contributed by atoms with van der Waals surface area (Å²) < 4.78 is 6.65. The molecule has 7 nitrogen and oxygen atoms in total. The summed E-state index contributed by atoms with van der Waals surface area (Å²) in [6.07, 6.45) is 0.344. The molecule has 0 aliphatic carbocycles. The van der Waals surface area contributed by atoms with Crippen molar-refractivity contribution in [2.75, 3.05) is 17.7 Å². The number of amides is 2. The van der Waals surface area contributed by atoms with Crippen molar-refractivity contribution in [1.29, 1.82) is 0 Å². The van der Waals surface area contributed by atoms with E-state index in [0.717, 1.165) is 4.47 Å². The molecular formula is C19H18Br2N4O3S2. The highest BCUT2D eigenvalue weighted by Crippen LogP contribution is 2.32. The van der Waals surface area contributed by atoms with Gasteiger partial charge < -0.3 is 20.7 Å². The predicted octanol–water partition coefficient (Wildman–Crippen LogP) is 4.57. The minimum atomic E-state index is -0.415. The average Bonchev–Trinajstić information content (AvgIpc) is 2.68. The molecule has 2 aromatic carbocycles.